The number of ether oxygens (including phenoxy) is 1. The fraction of sp³-hybridized carbons (Fsp3) is 0.517. The average molecular weight is 493 g/mol. The van der Waals surface area contributed by atoms with Gasteiger partial charge in [0.15, 0.2) is 0 Å². The molecule has 2 aromatic rings. The Labute approximate surface area is 215 Å². The highest BCUT2D eigenvalue weighted by Crippen LogP contribution is 2.29. The Morgan fingerprint density at radius 1 is 0.889 bits per heavy atom. The quantitative estimate of drug-likeness (QED) is 0.538. The summed E-state index contributed by atoms with van der Waals surface area (Å²) in [7, 11) is 0. The Kier molecular flexibility index (Phi) is 8.39. The molecule has 0 radical (unpaired) electrons. The standard InChI is InChI=1S/C29H40N4O3/c1-29(2,3)36-28(35)33-18-16-32(17-19-33)27(34)23-14-15-25(31-24-12-8-5-9-13-24)26(20-23)30-21-22-10-6-4-7-11-22/h4,6-7,10-11,14-15,20,24,30-31H,5,8-9,12-13,16-19,21H2,1-3H3. The molecule has 0 bridgehead atoms. The maximum Gasteiger partial charge on any atom is 0.410 e. The minimum absolute atomic E-state index is 0.00850. The SMILES string of the molecule is CC(C)(C)OC(=O)N1CCN(C(=O)c2ccc(NC3CCCCC3)c(NCc3ccccc3)c2)CC1. The van der Waals surface area contributed by atoms with Crippen LogP contribution in [0.1, 0.15) is 68.8 Å². The van der Waals surface area contributed by atoms with Crippen molar-refractivity contribution in [3.8, 4) is 0 Å². The van der Waals surface area contributed by atoms with Gasteiger partial charge in [-0.2, -0.15) is 0 Å². The third-order valence-corrected chi connectivity index (χ3v) is 6.78. The molecular weight excluding hydrogens is 452 g/mol. The molecule has 1 saturated carbocycles. The molecule has 194 valence electrons. The summed E-state index contributed by atoms with van der Waals surface area (Å²) in [6.07, 6.45) is 5.88. The number of hydrogen-bond acceptors (Lipinski definition) is 5. The molecule has 1 aliphatic heterocycles. The van der Waals surface area contributed by atoms with E-state index in [1.807, 2.05) is 62.1 Å². The fourth-order valence-electron chi connectivity index (χ4n) is 4.81. The monoisotopic (exact) mass is 492 g/mol. The van der Waals surface area contributed by atoms with Crippen LogP contribution in [0.15, 0.2) is 48.5 Å². The molecule has 2 amide bonds. The summed E-state index contributed by atoms with van der Waals surface area (Å²) >= 11 is 0. The van der Waals surface area contributed by atoms with Crippen LogP contribution in [0.5, 0.6) is 0 Å². The Morgan fingerprint density at radius 2 is 1.56 bits per heavy atom. The molecule has 7 nitrogen and oxygen atoms in total. The van der Waals surface area contributed by atoms with E-state index in [2.05, 4.69) is 22.8 Å². The second-order valence-electron chi connectivity index (χ2n) is 10.8. The Bertz CT molecular complexity index is 1020. The molecule has 0 atom stereocenters. The van der Waals surface area contributed by atoms with Crippen molar-refractivity contribution in [2.24, 2.45) is 0 Å². The van der Waals surface area contributed by atoms with Crippen LogP contribution in [-0.2, 0) is 11.3 Å². The lowest BCUT2D eigenvalue weighted by molar-refractivity contribution is 0.0141. The predicted molar refractivity (Wildman–Crippen MR) is 144 cm³/mol. The van der Waals surface area contributed by atoms with Gasteiger partial charge in [-0.25, -0.2) is 4.79 Å². The first-order valence-electron chi connectivity index (χ1n) is 13.2. The summed E-state index contributed by atoms with van der Waals surface area (Å²) in [5, 5.41) is 7.28. The van der Waals surface area contributed by atoms with Crippen molar-refractivity contribution in [1.82, 2.24) is 9.80 Å². The van der Waals surface area contributed by atoms with E-state index in [4.69, 9.17) is 4.74 Å². The Morgan fingerprint density at radius 3 is 2.22 bits per heavy atom. The third kappa shape index (κ3) is 7.15. The van der Waals surface area contributed by atoms with Gasteiger partial charge >= 0.3 is 6.09 Å². The van der Waals surface area contributed by atoms with E-state index in [0.29, 0.717) is 44.3 Å². The number of amides is 2. The van der Waals surface area contributed by atoms with Gasteiger partial charge in [0.05, 0.1) is 11.4 Å². The number of anilines is 2. The van der Waals surface area contributed by atoms with Gasteiger partial charge in [0, 0.05) is 44.3 Å². The molecule has 4 rings (SSSR count). The lowest BCUT2D eigenvalue weighted by Gasteiger charge is -2.35. The number of piperazine rings is 1. The Balaban J connectivity index is 1.44. The second kappa shape index (κ2) is 11.7. The molecule has 2 fully saturated rings. The van der Waals surface area contributed by atoms with Crippen molar-refractivity contribution >= 4 is 23.4 Å². The topological polar surface area (TPSA) is 73.9 Å². The number of rotatable bonds is 6. The maximum atomic E-state index is 13.4. The van der Waals surface area contributed by atoms with Crippen LogP contribution >= 0.6 is 0 Å². The highest BCUT2D eigenvalue weighted by Gasteiger charge is 2.28. The van der Waals surface area contributed by atoms with Crippen LogP contribution in [0.2, 0.25) is 0 Å². The molecule has 2 aromatic carbocycles. The van der Waals surface area contributed by atoms with Crippen LogP contribution in [0.4, 0.5) is 16.2 Å². The van der Waals surface area contributed by atoms with E-state index in [0.717, 1.165) is 11.4 Å². The van der Waals surface area contributed by atoms with Gasteiger partial charge in [0.25, 0.3) is 5.91 Å². The summed E-state index contributed by atoms with van der Waals surface area (Å²) < 4.78 is 5.48. The summed E-state index contributed by atoms with van der Waals surface area (Å²) in [5.74, 6) is -0.00850. The lowest BCUT2D eigenvalue weighted by Crippen LogP contribution is -2.51. The molecule has 2 aliphatic rings. The van der Waals surface area contributed by atoms with Crippen LogP contribution in [0.3, 0.4) is 0 Å². The molecule has 1 aliphatic carbocycles. The van der Waals surface area contributed by atoms with E-state index in [1.54, 1.807) is 4.90 Å². The normalized spacial score (nSPS) is 17.0. The zero-order valence-corrected chi connectivity index (χ0v) is 21.9. The van der Waals surface area contributed by atoms with E-state index in [1.165, 1.54) is 37.7 Å². The van der Waals surface area contributed by atoms with E-state index in [-0.39, 0.29) is 12.0 Å². The second-order valence-corrected chi connectivity index (χ2v) is 10.8. The lowest BCUT2D eigenvalue weighted by atomic mass is 9.95. The predicted octanol–water partition coefficient (Wildman–Crippen LogP) is 5.74. The van der Waals surface area contributed by atoms with Gasteiger partial charge < -0.3 is 25.2 Å². The van der Waals surface area contributed by atoms with Crippen LogP contribution in [0.25, 0.3) is 0 Å². The first-order chi connectivity index (χ1) is 17.3. The smallest absolute Gasteiger partial charge is 0.410 e. The van der Waals surface area contributed by atoms with Crippen LogP contribution in [0, 0.1) is 0 Å². The molecule has 1 saturated heterocycles. The number of nitrogens with zero attached hydrogens (tertiary/aromatic N) is 2. The summed E-state index contributed by atoms with van der Waals surface area (Å²) in [5.41, 5.74) is 3.31. The molecule has 1 heterocycles. The van der Waals surface area contributed by atoms with Gasteiger partial charge in [-0.05, 0) is 57.4 Å². The van der Waals surface area contributed by atoms with Crippen LogP contribution in [-0.4, -0.2) is 59.6 Å². The van der Waals surface area contributed by atoms with Crippen molar-refractivity contribution in [1.29, 1.82) is 0 Å². The van der Waals surface area contributed by atoms with Crippen molar-refractivity contribution in [2.75, 3.05) is 36.8 Å². The van der Waals surface area contributed by atoms with Gasteiger partial charge in [-0.3, -0.25) is 4.79 Å². The van der Waals surface area contributed by atoms with Crippen LogP contribution < -0.4 is 10.6 Å². The number of carbonyl (C=O) groups excluding carboxylic acids is 2. The average Bonchev–Trinajstić information content (AvgIpc) is 2.88. The summed E-state index contributed by atoms with van der Waals surface area (Å²) in [4.78, 5) is 29.3. The zero-order valence-electron chi connectivity index (χ0n) is 21.9. The number of benzene rings is 2. The van der Waals surface area contributed by atoms with Gasteiger partial charge in [0.2, 0.25) is 0 Å². The largest absolute Gasteiger partial charge is 0.444 e. The molecule has 0 unspecified atom stereocenters. The van der Waals surface area contributed by atoms with E-state index in [9.17, 15) is 9.59 Å². The molecule has 0 aromatic heterocycles. The molecule has 36 heavy (non-hydrogen) atoms. The van der Waals surface area contributed by atoms with Gasteiger partial charge in [-0.15, -0.1) is 0 Å². The number of hydrogen-bond donors (Lipinski definition) is 2. The summed E-state index contributed by atoms with van der Waals surface area (Å²) in [6.45, 7) is 8.21. The molecule has 2 N–H and O–H groups in total. The van der Waals surface area contributed by atoms with Crippen molar-refractivity contribution in [3.05, 3.63) is 59.7 Å². The fourth-order valence-corrected chi connectivity index (χ4v) is 4.81. The highest BCUT2D eigenvalue weighted by molar-refractivity contribution is 5.96. The zero-order chi connectivity index (χ0) is 25.5. The van der Waals surface area contributed by atoms with Crippen molar-refractivity contribution in [2.45, 2.75) is 71.1 Å². The van der Waals surface area contributed by atoms with Gasteiger partial charge in [-0.1, -0.05) is 49.6 Å². The molecular formula is C29H40N4O3. The Hall–Kier alpha value is -3.22. The number of nitrogens with one attached hydrogen (secondary N) is 2. The highest BCUT2D eigenvalue weighted by atomic mass is 16.6. The van der Waals surface area contributed by atoms with E-state index >= 15 is 0 Å². The molecule has 7 heteroatoms. The van der Waals surface area contributed by atoms with E-state index < -0.39 is 5.60 Å². The molecule has 0 spiro atoms. The van der Waals surface area contributed by atoms with Crippen molar-refractivity contribution < 1.29 is 14.3 Å². The van der Waals surface area contributed by atoms with Gasteiger partial charge in [0.1, 0.15) is 5.60 Å². The third-order valence-electron chi connectivity index (χ3n) is 6.78. The minimum atomic E-state index is -0.527. The first-order valence-corrected chi connectivity index (χ1v) is 13.2. The number of carbonyl (C=O) groups is 2. The van der Waals surface area contributed by atoms with Crippen molar-refractivity contribution in [3.63, 3.8) is 0 Å². The maximum absolute atomic E-state index is 13.4. The minimum Gasteiger partial charge on any atom is -0.444 e. The first kappa shape index (κ1) is 25.9. The summed E-state index contributed by atoms with van der Waals surface area (Å²) in [6, 6.07) is 16.7.